The van der Waals surface area contributed by atoms with Crippen molar-refractivity contribution in [3.8, 4) is 22.5 Å². The molecule has 0 saturated carbocycles. The molecule has 5 heteroatoms. The molecule has 0 fully saturated rings. The first-order valence-electron chi connectivity index (χ1n) is 6.51. The van der Waals surface area contributed by atoms with Gasteiger partial charge in [0.2, 0.25) is 0 Å². The van der Waals surface area contributed by atoms with E-state index in [0.717, 1.165) is 17.5 Å². The number of hydrogen-bond donors (Lipinski definition) is 0. The zero-order valence-corrected chi connectivity index (χ0v) is 15.7. The van der Waals surface area contributed by atoms with Crippen molar-refractivity contribution in [1.29, 1.82) is 0 Å². The number of nitrogens with zero attached hydrogens (tertiary/aromatic N) is 4. The van der Waals surface area contributed by atoms with E-state index in [0.29, 0.717) is 31.9 Å². The van der Waals surface area contributed by atoms with Crippen molar-refractivity contribution in [1.82, 2.24) is 18.0 Å². The fourth-order valence-electron chi connectivity index (χ4n) is 2.18. The first kappa shape index (κ1) is 13.4. The van der Waals surface area contributed by atoms with Crippen LogP contribution in [0, 0.1) is 0 Å². The number of aryl methyl sites for hydroxylation is 1. The Labute approximate surface area is 133 Å². The molecule has 0 aliphatic heterocycles. The van der Waals surface area contributed by atoms with E-state index in [4.69, 9.17) is 0 Å². The van der Waals surface area contributed by atoms with Crippen LogP contribution in [-0.2, 0) is 6.42 Å². The molecule has 2 aromatic carbocycles. The summed E-state index contributed by atoms with van der Waals surface area (Å²) in [5, 5.41) is 12.5. The second-order valence-corrected chi connectivity index (χ2v) is 6.33. The van der Waals surface area contributed by atoms with E-state index < -0.39 is 0 Å². The fraction of sp³-hybridized carbons (Fsp3) is 0.133. The maximum absolute atomic E-state index is 4.37. The van der Waals surface area contributed by atoms with Crippen LogP contribution in [0.2, 0.25) is 0 Å². The van der Waals surface area contributed by atoms with Gasteiger partial charge in [0.05, 0.1) is 0 Å². The molecule has 1 heterocycles. The molecule has 0 unspecified atom stereocenters. The Morgan fingerprint density at radius 2 is 1.70 bits per heavy atom. The van der Waals surface area contributed by atoms with Gasteiger partial charge in [-0.1, -0.05) is 0 Å². The molecule has 3 aromatic rings. The summed E-state index contributed by atoms with van der Waals surface area (Å²) < 4.78 is 1.65. The van der Waals surface area contributed by atoms with E-state index in [9.17, 15) is 0 Å². The van der Waals surface area contributed by atoms with E-state index >= 15 is 0 Å². The summed E-state index contributed by atoms with van der Waals surface area (Å²) >= 11 is 0.539. The standard InChI is InChI=1S/C15H13N4.Tl/c1-2-11-7-9-12(10-8-11)13-5-3-4-6-14(13)15-16-18-19-17-15;/h3-10H,2H2,1H3;/q-1;+1. The van der Waals surface area contributed by atoms with Gasteiger partial charge in [-0.05, 0) is 0 Å². The fourth-order valence-corrected chi connectivity index (χ4v) is 2.81. The van der Waals surface area contributed by atoms with Gasteiger partial charge >= 0.3 is 134 Å². The van der Waals surface area contributed by atoms with Gasteiger partial charge in [-0.25, -0.2) is 0 Å². The predicted molar refractivity (Wildman–Crippen MR) is 79.2 cm³/mol. The van der Waals surface area contributed by atoms with Crippen LogP contribution < -0.4 is 0 Å². The summed E-state index contributed by atoms with van der Waals surface area (Å²) in [5.74, 6) is 0.697. The molecule has 0 bridgehead atoms. The van der Waals surface area contributed by atoms with Crippen molar-refractivity contribution in [3.05, 3.63) is 54.1 Å². The predicted octanol–water partition coefficient (Wildman–Crippen LogP) is 2.50. The molecule has 0 aliphatic rings. The Morgan fingerprint density at radius 1 is 1.00 bits per heavy atom. The molecule has 4 nitrogen and oxygen atoms in total. The molecule has 0 spiro atoms. The second kappa shape index (κ2) is 5.82. The van der Waals surface area contributed by atoms with E-state index in [2.05, 4.69) is 52.7 Å². The topological polar surface area (TPSA) is 43.6 Å². The molecule has 0 N–H and O–H groups in total. The van der Waals surface area contributed by atoms with Crippen molar-refractivity contribution >= 4 is 26.1 Å². The van der Waals surface area contributed by atoms with Gasteiger partial charge in [-0.2, -0.15) is 0 Å². The number of benzene rings is 2. The van der Waals surface area contributed by atoms with Crippen LogP contribution >= 0.6 is 0 Å². The Bertz CT molecular complexity index is 719. The summed E-state index contributed by atoms with van der Waals surface area (Å²) in [5.41, 5.74) is 4.71. The number of tetrazole rings is 1. The van der Waals surface area contributed by atoms with E-state index in [1.54, 1.807) is 2.61 Å². The van der Waals surface area contributed by atoms with Crippen LogP contribution in [0.3, 0.4) is 0 Å². The van der Waals surface area contributed by atoms with Gasteiger partial charge in [0.25, 0.3) is 0 Å². The van der Waals surface area contributed by atoms with Crippen LogP contribution in [-0.4, -0.2) is 44.1 Å². The molecule has 0 amide bonds. The molecule has 20 heavy (non-hydrogen) atoms. The molecule has 0 saturated heterocycles. The monoisotopic (exact) mass is 454 g/mol. The van der Waals surface area contributed by atoms with Crippen LogP contribution in [0.25, 0.3) is 22.5 Å². The van der Waals surface area contributed by atoms with Crippen LogP contribution in [0.4, 0.5) is 0 Å². The number of aromatic nitrogens is 4. The van der Waals surface area contributed by atoms with Crippen molar-refractivity contribution in [3.63, 3.8) is 0 Å². The Kier molecular flexibility index (Phi) is 3.91. The van der Waals surface area contributed by atoms with Gasteiger partial charge in [-0.3, -0.25) is 0 Å². The third kappa shape index (κ3) is 2.65. The first-order valence-corrected chi connectivity index (χ1v) is 8.52. The van der Waals surface area contributed by atoms with E-state index in [1.165, 1.54) is 11.1 Å². The minimum atomic E-state index is 0.539. The minimum absolute atomic E-state index is 0.539. The third-order valence-electron chi connectivity index (χ3n) is 3.27. The summed E-state index contributed by atoms with van der Waals surface area (Å²) in [7, 11) is 0. The molecule has 0 radical (unpaired) electrons. The Balaban J connectivity index is 2.09. The third-order valence-corrected chi connectivity index (χ3v) is 4.12. The Hall–Kier alpha value is -1.57. The van der Waals surface area contributed by atoms with E-state index in [-0.39, 0.29) is 0 Å². The summed E-state index contributed by atoms with van der Waals surface area (Å²) in [4.78, 5) is 0. The molecule has 0 aliphatic carbocycles. The van der Waals surface area contributed by atoms with Gasteiger partial charge in [0.1, 0.15) is 0 Å². The summed E-state index contributed by atoms with van der Waals surface area (Å²) in [6.07, 6.45) is 1.05. The molecule has 3 rings (SSSR count). The molecule has 1 aromatic heterocycles. The average molecular weight is 454 g/mol. The van der Waals surface area contributed by atoms with Crippen molar-refractivity contribution in [2.45, 2.75) is 13.3 Å². The zero-order valence-electron chi connectivity index (χ0n) is 11.2. The number of hydrogen-bond acceptors (Lipinski definition) is 3. The van der Waals surface area contributed by atoms with Crippen LogP contribution in [0.15, 0.2) is 48.5 Å². The second-order valence-electron chi connectivity index (χ2n) is 4.53. The van der Waals surface area contributed by atoms with Crippen molar-refractivity contribution < 1.29 is 0 Å². The SMILES string of the molecule is CCc1ccc(-c2ccccc2-c2nn[n]([Tl])n2)cc1. The number of rotatable bonds is 3. The van der Waals surface area contributed by atoms with Gasteiger partial charge in [-0.15, -0.1) is 0 Å². The molecule has 0 atom stereocenters. The zero-order chi connectivity index (χ0) is 13.9. The normalized spacial score (nSPS) is 10.6. The van der Waals surface area contributed by atoms with Crippen LogP contribution in [0.1, 0.15) is 12.5 Å². The first-order chi connectivity index (χ1) is 9.78. The maximum atomic E-state index is 4.37. The quantitative estimate of drug-likeness (QED) is 0.573. The molecular weight excluding hydrogens is 441 g/mol. The van der Waals surface area contributed by atoms with Crippen molar-refractivity contribution in [2.75, 3.05) is 0 Å². The van der Waals surface area contributed by atoms with Gasteiger partial charge in [0.15, 0.2) is 0 Å². The van der Waals surface area contributed by atoms with E-state index in [1.807, 2.05) is 18.2 Å². The Morgan fingerprint density at radius 3 is 2.30 bits per heavy atom. The van der Waals surface area contributed by atoms with Crippen molar-refractivity contribution in [2.24, 2.45) is 0 Å². The van der Waals surface area contributed by atoms with Crippen LogP contribution in [0.5, 0.6) is 0 Å². The summed E-state index contributed by atoms with van der Waals surface area (Å²) in [6, 6.07) is 16.9. The molecular formula is C15H13N4Tl. The summed E-state index contributed by atoms with van der Waals surface area (Å²) in [6.45, 7) is 2.16. The van der Waals surface area contributed by atoms with Gasteiger partial charge in [0, 0.05) is 0 Å². The molecule has 96 valence electrons. The average Bonchev–Trinajstić information content (AvgIpc) is 2.94. The van der Waals surface area contributed by atoms with Gasteiger partial charge < -0.3 is 0 Å².